The van der Waals surface area contributed by atoms with Crippen molar-refractivity contribution in [2.75, 3.05) is 6.61 Å². The number of aryl methyl sites for hydroxylation is 1. The molecular weight excluding hydrogens is 470 g/mol. The van der Waals surface area contributed by atoms with Gasteiger partial charge >= 0.3 is 5.97 Å². The Kier molecular flexibility index (Phi) is 7.22. The SMILES string of the molecule is CCOC(=O)C1=CC[C@@H](c2cccc(Cl)c2)N(S(=O)(=O)c2ccc(C)cc2)[C@H]1c1ccccc1. The van der Waals surface area contributed by atoms with E-state index in [2.05, 4.69) is 0 Å². The van der Waals surface area contributed by atoms with Gasteiger partial charge < -0.3 is 4.74 Å². The lowest BCUT2D eigenvalue weighted by atomic mass is 9.89. The summed E-state index contributed by atoms with van der Waals surface area (Å²) in [6.07, 6.45) is 2.10. The Hall–Kier alpha value is -2.93. The van der Waals surface area contributed by atoms with Crippen molar-refractivity contribution >= 4 is 27.6 Å². The van der Waals surface area contributed by atoms with E-state index in [1.807, 2.05) is 43.3 Å². The van der Waals surface area contributed by atoms with Gasteiger partial charge in [0.25, 0.3) is 0 Å². The van der Waals surface area contributed by atoms with Crippen LogP contribution in [0.4, 0.5) is 0 Å². The number of sulfonamides is 1. The van der Waals surface area contributed by atoms with Crippen molar-refractivity contribution in [1.82, 2.24) is 4.31 Å². The fourth-order valence-corrected chi connectivity index (χ4v) is 6.26. The van der Waals surface area contributed by atoms with E-state index in [-0.39, 0.29) is 11.5 Å². The first-order valence-electron chi connectivity index (χ1n) is 11.1. The zero-order valence-electron chi connectivity index (χ0n) is 19.0. The van der Waals surface area contributed by atoms with Crippen LogP contribution in [0.25, 0.3) is 0 Å². The third kappa shape index (κ3) is 4.80. The Morgan fingerprint density at radius 1 is 1.00 bits per heavy atom. The quantitative estimate of drug-likeness (QED) is 0.392. The van der Waals surface area contributed by atoms with Crippen molar-refractivity contribution in [3.8, 4) is 0 Å². The molecule has 0 saturated carbocycles. The summed E-state index contributed by atoms with van der Waals surface area (Å²) >= 11 is 6.28. The van der Waals surface area contributed by atoms with Crippen molar-refractivity contribution in [3.05, 3.63) is 112 Å². The van der Waals surface area contributed by atoms with Crippen LogP contribution in [0.5, 0.6) is 0 Å². The van der Waals surface area contributed by atoms with Gasteiger partial charge in [-0.3, -0.25) is 0 Å². The van der Waals surface area contributed by atoms with Crippen LogP contribution in [0.3, 0.4) is 0 Å². The van der Waals surface area contributed by atoms with Gasteiger partial charge in [0.05, 0.1) is 29.2 Å². The third-order valence-electron chi connectivity index (χ3n) is 5.87. The summed E-state index contributed by atoms with van der Waals surface area (Å²) in [6.45, 7) is 3.83. The van der Waals surface area contributed by atoms with Crippen LogP contribution in [-0.4, -0.2) is 25.3 Å². The standard InChI is InChI=1S/C27H26ClNO4S/c1-3-33-27(30)24-16-17-25(21-10-7-11-22(28)18-21)29(26(24)20-8-5-4-6-9-20)34(31,32)23-14-12-19(2)13-15-23/h4-16,18,25-26H,3,17H2,1-2H3/t25-,26-/m0/s1. The number of carbonyl (C=O) groups is 1. The van der Waals surface area contributed by atoms with Gasteiger partial charge in [-0.05, 0) is 55.7 Å². The number of halogens is 1. The molecule has 1 aliphatic rings. The van der Waals surface area contributed by atoms with Gasteiger partial charge in [-0.15, -0.1) is 0 Å². The molecule has 0 N–H and O–H groups in total. The maximum atomic E-state index is 14.2. The number of esters is 1. The van der Waals surface area contributed by atoms with E-state index in [4.69, 9.17) is 16.3 Å². The molecule has 0 unspecified atom stereocenters. The van der Waals surface area contributed by atoms with Gasteiger partial charge in [-0.1, -0.05) is 77.8 Å². The van der Waals surface area contributed by atoms with Gasteiger partial charge in [0, 0.05) is 5.02 Å². The van der Waals surface area contributed by atoms with Gasteiger partial charge in [-0.2, -0.15) is 4.31 Å². The highest BCUT2D eigenvalue weighted by Crippen LogP contribution is 2.46. The highest BCUT2D eigenvalue weighted by molar-refractivity contribution is 7.89. The first-order valence-corrected chi connectivity index (χ1v) is 12.9. The van der Waals surface area contributed by atoms with E-state index in [9.17, 15) is 13.2 Å². The number of nitrogens with zero attached hydrogens (tertiary/aromatic N) is 1. The highest BCUT2D eigenvalue weighted by atomic mass is 35.5. The van der Waals surface area contributed by atoms with Crippen molar-refractivity contribution in [2.45, 2.75) is 37.2 Å². The summed E-state index contributed by atoms with van der Waals surface area (Å²) in [5, 5.41) is 0.515. The second-order valence-electron chi connectivity index (χ2n) is 8.15. The lowest BCUT2D eigenvalue weighted by Gasteiger charge is -2.41. The Labute approximate surface area is 205 Å². The molecule has 3 aromatic carbocycles. The van der Waals surface area contributed by atoms with E-state index >= 15 is 0 Å². The van der Waals surface area contributed by atoms with Crippen molar-refractivity contribution in [1.29, 1.82) is 0 Å². The molecule has 0 spiro atoms. The second kappa shape index (κ2) is 10.1. The Balaban J connectivity index is 1.96. The molecule has 176 valence electrons. The topological polar surface area (TPSA) is 63.7 Å². The smallest absolute Gasteiger partial charge is 0.335 e. The van der Waals surface area contributed by atoms with Crippen molar-refractivity contribution < 1.29 is 17.9 Å². The lowest BCUT2D eigenvalue weighted by Crippen LogP contribution is -2.42. The van der Waals surface area contributed by atoms with Crippen LogP contribution in [-0.2, 0) is 19.6 Å². The van der Waals surface area contributed by atoms with Crippen LogP contribution in [0, 0.1) is 6.92 Å². The number of carbonyl (C=O) groups excluding carboxylic acids is 1. The summed E-state index contributed by atoms with van der Waals surface area (Å²) in [5.74, 6) is -0.523. The number of hydrogen-bond donors (Lipinski definition) is 0. The first-order chi connectivity index (χ1) is 16.3. The molecule has 0 saturated heterocycles. The highest BCUT2D eigenvalue weighted by Gasteiger charge is 2.44. The van der Waals surface area contributed by atoms with Gasteiger partial charge in [0.15, 0.2) is 0 Å². The normalized spacial score (nSPS) is 18.9. The summed E-state index contributed by atoms with van der Waals surface area (Å²) in [6, 6.07) is 21.7. The molecule has 5 nitrogen and oxygen atoms in total. The summed E-state index contributed by atoms with van der Waals surface area (Å²) < 4.78 is 35.1. The van der Waals surface area contributed by atoms with Gasteiger partial charge in [0.2, 0.25) is 10.0 Å². The minimum atomic E-state index is -4.03. The molecule has 0 amide bonds. The molecule has 34 heavy (non-hydrogen) atoms. The minimum absolute atomic E-state index is 0.163. The van der Waals surface area contributed by atoms with Crippen molar-refractivity contribution in [2.24, 2.45) is 0 Å². The fourth-order valence-electron chi connectivity index (χ4n) is 4.28. The molecule has 0 fully saturated rings. The van der Waals surface area contributed by atoms with Crippen LogP contribution in [0.1, 0.15) is 42.1 Å². The molecular formula is C27H26ClNO4S. The Bertz CT molecular complexity index is 1300. The summed E-state index contributed by atoms with van der Waals surface area (Å²) in [7, 11) is -4.03. The molecule has 3 aromatic rings. The lowest BCUT2D eigenvalue weighted by molar-refractivity contribution is -0.139. The first kappa shape index (κ1) is 24.2. The number of benzene rings is 3. The molecule has 7 heteroatoms. The van der Waals surface area contributed by atoms with E-state index in [0.717, 1.165) is 11.1 Å². The molecule has 0 radical (unpaired) electrons. The largest absolute Gasteiger partial charge is 0.463 e. The van der Waals surface area contributed by atoms with Gasteiger partial charge in [0.1, 0.15) is 0 Å². The zero-order chi connectivity index (χ0) is 24.3. The molecule has 1 aliphatic heterocycles. The molecule has 4 rings (SSSR count). The monoisotopic (exact) mass is 495 g/mol. The molecule has 1 heterocycles. The number of rotatable bonds is 6. The second-order valence-corrected chi connectivity index (χ2v) is 10.4. The summed E-state index contributed by atoms with van der Waals surface area (Å²) in [5.41, 5.74) is 2.70. The van der Waals surface area contributed by atoms with E-state index in [0.29, 0.717) is 22.6 Å². The zero-order valence-corrected chi connectivity index (χ0v) is 20.6. The van der Waals surface area contributed by atoms with E-state index in [1.165, 1.54) is 4.31 Å². The van der Waals surface area contributed by atoms with Crippen LogP contribution >= 0.6 is 11.6 Å². The Morgan fingerprint density at radius 2 is 1.68 bits per heavy atom. The Morgan fingerprint density at radius 3 is 2.32 bits per heavy atom. The average molecular weight is 496 g/mol. The fraction of sp³-hybridized carbons (Fsp3) is 0.222. The maximum Gasteiger partial charge on any atom is 0.335 e. The predicted octanol–water partition coefficient (Wildman–Crippen LogP) is 6.01. The van der Waals surface area contributed by atoms with Crippen LogP contribution in [0.2, 0.25) is 5.02 Å². The molecule has 0 aliphatic carbocycles. The molecule has 0 aromatic heterocycles. The van der Waals surface area contributed by atoms with E-state index in [1.54, 1.807) is 55.5 Å². The van der Waals surface area contributed by atoms with Crippen molar-refractivity contribution in [3.63, 3.8) is 0 Å². The number of hydrogen-bond acceptors (Lipinski definition) is 4. The molecule has 0 bridgehead atoms. The minimum Gasteiger partial charge on any atom is -0.463 e. The third-order valence-corrected chi connectivity index (χ3v) is 8.00. The van der Waals surface area contributed by atoms with Crippen LogP contribution in [0.15, 0.2) is 95.4 Å². The maximum absolute atomic E-state index is 14.2. The average Bonchev–Trinajstić information content (AvgIpc) is 2.84. The van der Waals surface area contributed by atoms with Gasteiger partial charge in [-0.25, -0.2) is 13.2 Å². The number of ether oxygens (including phenoxy) is 1. The predicted molar refractivity (Wildman–Crippen MR) is 133 cm³/mol. The van der Waals surface area contributed by atoms with E-state index < -0.39 is 28.1 Å². The summed E-state index contributed by atoms with van der Waals surface area (Å²) in [4.78, 5) is 13.2. The molecule has 2 atom stereocenters. The van der Waals surface area contributed by atoms with Crippen LogP contribution < -0.4 is 0 Å².